The van der Waals surface area contributed by atoms with E-state index in [1.807, 2.05) is 0 Å². The van der Waals surface area contributed by atoms with Crippen molar-refractivity contribution in [2.75, 3.05) is 6.54 Å². The van der Waals surface area contributed by atoms with Gasteiger partial charge >= 0.3 is 0 Å². The number of amides is 1. The van der Waals surface area contributed by atoms with Crippen molar-refractivity contribution in [2.24, 2.45) is 5.92 Å². The Kier molecular flexibility index (Phi) is 4.17. The van der Waals surface area contributed by atoms with Gasteiger partial charge in [0, 0.05) is 12.1 Å². The van der Waals surface area contributed by atoms with Crippen LogP contribution in [0.4, 0.5) is 8.78 Å². The van der Waals surface area contributed by atoms with Crippen molar-refractivity contribution >= 4 is 17.5 Å². The second-order valence-electron chi connectivity index (χ2n) is 4.55. The highest BCUT2D eigenvalue weighted by Gasteiger charge is 2.29. The summed E-state index contributed by atoms with van der Waals surface area (Å²) in [5.74, 6) is -1.76. The van der Waals surface area contributed by atoms with Gasteiger partial charge in [0.15, 0.2) is 11.6 Å². The summed E-state index contributed by atoms with van der Waals surface area (Å²) >= 11 is 6.03. The van der Waals surface area contributed by atoms with E-state index in [2.05, 4.69) is 5.32 Å². The van der Waals surface area contributed by atoms with E-state index >= 15 is 0 Å². The minimum Gasteiger partial charge on any atom is -0.354 e. The molecule has 0 saturated heterocycles. The molecule has 1 aromatic rings. The number of halogens is 3. The predicted molar refractivity (Wildman–Crippen MR) is 65.4 cm³/mol. The molecule has 1 saturated carbocycles. The molecule has 1 aliphatic carbocycles. The fraction of sp³-hybridized carbons (Fsp3) is 0.462. The molecule has 1 aromatic carbocycles. The average Bonchev–Trinajstić information content (AvgIpc) is 3.16. The van der Waals surface area contributed by atoms with Crippen LogP contribution in [0.5, 0.6) is 0 Å². The lowest BCUT2D eigenvalue weighted by Gasteiger charge is -2.10. The van der Waals surface area contributed by atoms with Crippen molar-refractivity contribution in [2.45, 2.75) is 24.6 Å². The molecule has 0 aromatic heterocycles. The highest BCUT2D eigenvalue weighted by molar-refractivity contribution is 6.21. The summed E-state index contributed by atoms with van der Waals surface area (Å²) in [6, 6.07) is 3.81. The number of benzene rings is 1. The maximum atomic E-state index is 13.3. The van der Waals surface area contributed by atoms with Crippen LogP contribution in [-0.2, 0) is 11.2 Å². The molecule has 1 amide bonds. The van der Waals surface area contributed by atoms with Gasteiger partial charge in [-0.05, 0) is 24.8 Å². The maximum absolute atomic E-state index is 13.3. The van der Waals surface area contributed by atoms with Crippen LogP contribution in [-0.4, -0.2) is 17.8 Å². The van der Waals surface area contributed by atoms with Gasteiger partial charge in [0.25, 0.3) is 0 Å². The number of carbonyl (C=O) groups excluding carboxylic acids is 1. The predicted octanol–water partition coefficient (Wildman–Crippen LogP) is 2.64. The van der Waals surface area contributed by atoms with Crippen LogP contribution in [0.1, 0.15) is 18.4 Å². The number of rotatable bonds is 5. The summed E-state index contributed by atoms with van der Waals surface area (Å²) < 4.78 is 26.2. The summed E-state index contributed by atoms with van der Waals surface area (Å²) in [6.45, 7) is 0.377. The molecule has 0 aliphatic heterocycles. The molecule has 2 rings (SSSR count). The van der Waals surface area contributed by atoms with E-state index in [-0.39, 0.29) is 23.3 Å². The van der Waals surface area contributed by atoms with Crippen molar-refractivity contribution in [1.82, 2.24) is 5.32 Å². The molecule has 0 bridgehead atoms. The Morgan fingerprint density at radius 3 is 2.83 bits per heavy atom. The lowest BCUT2D eigenvalue weighted by Crippen LogP contribution is -2.32. The minimum absolute atomic E-state index is 0.0602. The van der Waals surface area contributed by atoms with Crippen LogP contribution in [0.3, 0.4) is 0 Å². The molecule has 0 spiro atoms. The van der Waals surface area contributed by atoms with Gasteiger partial charge in [0.2, 0.25) is 5.91 Å². The van der Waals surface area contributed by atoms with Gasteiger partial charge in [-0.1, -0.05) is 12.1 Å². The molecule has 18 heavy (non-hydrogen) atoms. The maximum Gasteiger partial charge on any atom is 0.224 e. The standard InChI is InChI=1S/C13H14ClF2NO/c14-10(8-4-5-8)7-17-12(18)6-9-2-1-3-11(15)13(9)16/h1-3,8,10H,4-7H2,(H,17,18). The first kappa shape index (κ1) is 13.3. The van der Waals surface area contributed by atoms with Crippen LogP contribution in [0, 0.1) is 17.6 Å². The first-order chi connectivity index (χ1) is 8.58. The van der Waals surface area contributed by atoms with Crippen LogP contribution in [0.2, 0.25) is 0 Å². The average molecular weight is 274 g/mol. The van der Waals surface area contributed by atoms with E-state index in [1.165, 1.54) is 12.1 Å². The zero-order chi connectivity index (χ0) is 13.1. The third-order valence-electron chi connectivity index (χ3n) is 3.01. The van der Waals surface area contributed by atoms with Gasteiger partial charge in [-0.2, -0.15) is 0 Å². The summed E-state index contributed by atoms with van der Waals surface area (Å²) in [6.07, 6.45) is 2.03. The molecule has 1 fully saturated rings. The Balaban J connectivity index is 1.84. The molecular formula is C13H14ClF2NO. The Morgan fingerprint density at radius 1 is 1.44 bits per heavy atom. The van der Waals surface area contributed by atoms with E-state index in [4.69, 9.17) is 11.6 Å². The van der Waals surface area contributed by atoms with Gasteiger partial charge in [0.05, 0.1) is 11.8 Å². The second kappa shape index (κ2) is 5.65. The molecule has 1 aliphatic rings. The Morgan fingerprint density at radius 2 is 2.17 bits per heavy atom. The van der Waals surface area contributed by atoms with E-state index in [0.29, 0.717) is 12.5 Å². The highest BCUT2D eigenvalue weighted by atomic mass is 35.5. The fourth-order valence-corrected chi connectivity index (χ4v) is 2.09. The monoisotopic (exact) mass is 273 g/mol. The zero-order valence-electron chi connectivity index (χ0n) is 9.76. The molecule has 1 unspecified atom stereocenters. The normalized spacial score (nSPS) is 16.4. The molecule has 2 nitrogen and oxygen atoms in total. The Labute approximate surface area is 109 Å². The van der Waals surface area contributed by atoms with E-state index < -0.39 is 11.6 Å². The molecule has 98 valence electrons. The van der Waals surface area contributed by atoms with E-state index in [0.717, 1.165) is 18.9 Å². The Hall–Kier alpha value is -1.16. The summed E-state index contributed by atoms with van der Waals surface area (Å²) in [7, 11) is 0. The van der Waals surface area contributed by atoms with Crippen molar-refractivity contribution in [3.8, 4) is 0 Å². The lowest BCUT2D eigenvalue weighted by molar-refractivity contribution is -0.120. The number of carbonyl (C=O) groups is 1. The fourth-order valence-electron chi connectivity index (χ4n) is 1.76. The number of nitrogens with one attached hydrogen (secondary N) is 1. The number of hydrogen-bond donors (Lipinski definition) is 1. The third-order valence-corrected chi connectivity index (χ3v) is 3.52. The smallest absolute Gasteiger partial charge is 0.224 e. The molecule has 0 radical (unpaired) electrons. The van der Waals surface area contributed by atoms with Gasteiger partial charge < -0.3 is 5.32 Å². The molecule has 1 atom stereocenters. The van der Waals surface area contributed by atoms with Crippen LogP contribution >= 0.6 is 11.6 Å². The number of hydrogen-bond acceptors (Lipinski definition) is 1. The molecule has 5 heteroatoms. The quantitative estimate of drug-likeness (QED) is 0.821. The van der Waals surface area contributed by atoms with Crippen molar-refractivity contribution in [1.29, 1.82) is 0 Å². The van der Waals surface area contributed by atoms with Gasteiger partial charge in [-0.15, -0.1) is 11.6 Å². The van der Waals surface area contributed by atoms with Gasteiger partial charge in [-0.3, -0.25) is 4.79 Å². The summed E-state index contributed by atoms with van der Waals surface area (Å²) in [5.41, 5.74) is 0.0602. The van der Waals surface area contributed by atoms with Gasteiger partial charge in [0.1, 0.15) is 0 Å². The zero-order valence-corrected chi connectivity index (χ0v) is 10.5. The van der Waals surface area contributed by atoms with Crippen LogP contribution in [0.15, 0.2) is 18.2 Å². The first-order valence-electron chi connectivity index (χ1n) is 5.91. The largest absolute Gasteiger partial charge is 0.354 e. The third kappa shape index (κ3) is 3.42. The summed E-state index contributed by atoms with van der Waals surface area (Å²) in [4.78, 5) is 11.6. The van der Waals surface area contributed by atoms with Crippen molar-refractivity contribution < 1.29 is 13.6 Å². The molecular weight excluding hydrogens is 260 g/mol. The molecule has 1 N–H and O–H groups in total. The number of alkyl halides is 1. The summed E-state index contributed by atoms with van der Waals surface area (Å²) in [5, 5.41) is 2.58. The van der Waals surface area contributed by atoms with Crippen molar-refractivity contribution in [3.05, 3.63) is 35.4 Å². The van der Waals surface area contributed by atoms with Gasteiger partial charge in [-0.25, -0.2) is 8.78 Å². The second-order valence-corrected chi connectivity index (χ2v) is 5.11. The highest BCUT2D eigenvalue weighted by Crippen LogP contribution is 2.35. The minimum atomic E-state index is -0.961. The van der Waals surface area contributed by atoms with E-state index in [9.17, 15) is 13.6 Å². The first-order valence-corrected chi connectivity index (χ1v) is 6.35. The van der Waals surface area contributed by atoms with Crippen LogP contribution in [0.25, 0.3) is 0 Å². The van der Waals surface area contributed by atoms with Crippen molar-refractivity contribution in [3.63, 3.8) is 0 Å². The lowest BCUT2D eigenvalue weighted by atomic mass is 10.1. The SMILES string of the molecule is O=C(Cc1cccc(F)c1F)NCC(Cl)C1CC1. The topological polar surface area (TPSA) is 29.1 Å². The Bertz CT molecular complexity index is 449. The molecule has 0 heterocycles. The van der Waals surface area contributed by atoms with Crippen LogP contribution < -0.4 is 5.32 Å². The van der Waals surface area contributed by atoms with E-state index in [1.54, 1.807) is 0 Å².